The van der Waals surface area contributed by atoms with Gasteiger partial charge in [-0.1, -0.05) is 0 Å². The molecule has 2 aliphatic heterocycles. The second kappa shape index (κ2) is 9.37. The predicted octanol–water partition coefficient (Wildman–Crippen LogP) is 1.66. The highest BCUT2D eigenvalue weighted by atomic mass is 19.1. The van der Waals surface area contributed by atoms with Crippen molar-refractivity contribution in [2.24, 2.45) is 5.92 Å². The second-order valence-corrected chi connectivity index (χ2v) is 7.94. The Morgan fingerprint density at radius 2 is 1.61 bits per heavy atom. The van der Waals surface area contributed by atoms with Crippen LogP contribution in [0, 0.1) is 11.7 Å². The van der Waals surface area contributed by atoms with Gasteiger partial charge in [0.15, 0.2) is 0 Å². The average molecular weight is 391 g/mol. The third kappa shape index (κ3) is 5.22. The monoisotopic (exact) mass is 390 g/mol. The normalized spacial score (nSPS) is 19.0. The zero-order valence-corrected chi connectivity index (χ0v) is 16.9. The number of carbonyl (C=O) groups is 2. The van der Waals surface area contributed by atoms with Gasteiger partial charge in [0.2, 0.25) is 11.8 Å². The number of piperidine rings is 1. The van der Waals surface area contributed by atoms with Gasteiger partial charge in [-0.25, -0.2) is 4.39 Å². The van der Waals surface area contributed by atoms with Crippen LogP contribution < -0.4 is 4.90 Å². The number of likely N-dealkylation sites (tertiary alicyclic amines) is 1. The first-order chi connectivity index (χ1) is 13.4. The molecule has 7 heteroatoms. The van der Waals surface area contributed by atoms with Crippen LogP contribution in [-0.2, 0) is 9.59 Å². The molecule has 3 rings (SSSR count). The Kier molecular flexibility index (Phi) is 6.88. The van der Waals surface area contributed by atoms with Gasteiger partial charge in [-0.05, 0) is 50.2 Å². The molecular formula is C21H31FN4O2. The molecule has 0 bridgehead atoms. The zero-order chi connectivity index (χ0) is 20.1. The van der Waals surface area contributed by atoms with Gasteiger partial charge in [0, 0.05) is 64.8 Å². The quantitative estimate of drug-likeness (QED) is 0.767. The molecule has 2 saturated heterocycles. The van der Waals surface area contributed by atoms with Gasteiger partial charge < -0.3 is 19.6 Å². The summed E-state index contributed by atoms with van der Waals surface area (Å²) in [5.74, 6) is 0.314. The van der Waals surface area contributed by atoms with Crippen molar-refractivity contribution in [2.75, 3.05) is 64.8 Å². The van der Waals surface area contributed by atoms with E-state index in [-0.39, 0.29) is 23.5 Å². The summed E-state index contributed by atoms with van der Waals surface area (Å²) in [5.41, 5.74) is 1.00. The molecule has 2 aliphatic rings. The van der Waals surface area contributed by atoms with E-state index in [0.29, 0.717) is 19.5 Å². The Morgan fingerprint density at radius 1 is 1.00 bits per heavy atom. The third-order valence-electron chi connectivity index (χ3n) is 5.84. The highest BCUT2D eigenvalue weighted by Gasteiger charge is 2.27. The van der Waals surface area contributed by atoms with Crippen LogP contribution in [0.15, 0.2) is 24.3 Å². The second-order valence-electron chi connectivity index (χ2n) is 7.94. The first kappa shape index (κ1) is 20.6. The summed E-state index contributed by atoms with van der Waals surface area (Å²) >= 11 is 0. The van der Waals surface area contributed by atoms with Crippen molar-refractivity contribution in [3.63, 3.8) is 0 Å². The number of benzene rings is 1. The lowest BCUT2D eigenvalue weighted by Crippen LogP contribution is -2.49. The van der Waals surface area contributed by atoms with Crippen molar-refractivity contribution in [3.8, 4) is 0 Å². The van der Waals surface area contributed by atoms with E-state index >= 15 is 0 Å². The Morgan fingerprint density at radius 3 is 2.18 bits per heavy atom. The van der Waals surface area contributed by atoms with Crippen LogP contribution in [-0.4, -0.2) is 86.4 Å². The summed E-state index contributed by atoms with van der Waals surface area (Å²) in [4.78, 5) is 32.7. The van der Waals surface area contributed by atoms with Crippen molar-refractivity contribution < 1.29 is 14.0 Å². The number of halogens is 1. The molecule has 1 aromatic rings. The molecule has 2 amide bonds. The molecule has 0 atom stereocenters. The van der Waals surface area contributed by atoms with Gasteiger partial charge in [-0.3, -0.25) is 9.59 Å². The Bertz CT molecular complexity index is 663. The molecule has 0 radical (unpaired) electrons. The minimum atomic E-state index is -0.229. The maximum atomic E-state index is 13.1. The highest BCUT2D eigenvalue weighted by Crippen LogP contribution is 2.20. The van der Waals surface area contributed by atoms with E-state index in [0.717, 1.165) is 51.3 Å². The predicted molar refractivity (Wildman–Crippen MR) is 108 cm³/mol. The number of nitrogens with zero attached hydrogens (tertiary/aromatic N) is 4. The highest BCUT2D eigenvalue weighted by molar-refractivity contribution is 5.78. The van der Waals surface area contributed by atoms with Crippen LogP contribution in [0.4, 0.5) is 10.1 Å². The molecule has 154 valence electrons. The maximum Gasteiger partial charge on any atom is 0.225 e. The summed E-state index contributed by atoms with van der Waals surface area (Å²) < 4.78 is 13.1. The summed E-state index contributed by atoms with van der Waals surface area (Å²) in [6, 6.07) is 6.53. The Balaban J connectivity index is 1.37. The Labute approximate surface area is 166 Å². The van der Waals surface area contributed by atoms with Crippen LogP contribution >= 0.6 is 0 Å². The van der Waals surface area contributed by atoms with Gasteiger partial charge >= 0.3 is 0 Å². The first-order valence-electron chi connectivity index (χ1n) is 10.2. The van der Waals surface area contributed by atoms with Gasteiger partial charge in [0.1, 0.15) is 5.82 Å². The van der Waals surface area contributed by atoms with Crippen molar-refractivity contribution in [1.29, 1.82) is 0 Å². The van der Waals surface area contributed by atoms with Crippen molar-refractivity contribution >= 4 is 17.5 Å². The van der Waals surface area contributed by atoms with E-state index in [1.807, 2.05) is 19.0 Å². The molecule has 0 aliphatic carbocycles. The SMILES string of the molecule is CN(C)C(=O)C1CCN(CCC(=O)N2CCN(c3ccc(F)cc3)CC2)CC1. The number of anilines is 1. The molecular weight excluding hydrogens is 359 g/mol. The first-order valence-corrected chi connectivity index (χ1v) is 10.2. The number of amides is 2. The van der Waals surface area contributed by atoms with Gasteiger partial charge in [0.25, 0.3) is 0 Å². The minimum Gasteiger partial charge on any atom is -0.368 e. The molecule has 6 nitrogen and oxygen atoms in total. The lowest BCUT2D eigenvalue weighted by atomic mass is 9.95. The number of rotatable bonds is 5. The maximum absolute atomic E-state index is 13.1. The fraction of sp³-hybridized carbons (Fsp3) is 0.619. The fourth-order valence-corrected chi connectivity index (χ4v) is 4.05. The third-order valence-corrected chi connectivity index (χ3v) is 5.84. The summed E-state index contributed by atoms with van der Waals surface area (Å²) in [6.45, 7) is 5.49. The molecule has 0 aromatic heterocycles. The average Bonchev–Trinajstić information content (AvgIpc) is 2.72. The molecule has 0 N–H and O–H groups in total. The molecule has 28 heavy (non-hydrogen) atoms. The largest absolute Gasteiger partial charge is 0.368 e. The van der Waals surface area contributed by atoms with Crippen molar-refractivity contribution in [1.82, 2.24) is 14.7 Å². The van der Waals surface area contributed by atoms with Crippen LogP contribution in [0.5, 0.6) is 0 Å². The van der Waals surface area contributed by atoms with E-state index in [1.54, 1.807) is 17.0 Å². The smallest absolute Gasteiger partial charge is 0.225 e. The van der Waals surface area contributed by atoms with Crippen molar-refractivity contribution in [3.05, 3.63) is 30.1 Å². The standard InChI is InChI=1S/C21H31FN4O2/c1-23(2)21(28)17-7-10-24(11-8-17)12-9-20(27)26-15-13-25(14-16-26)19-5-3-18(22)4-6-19/h3-6,17H,7-16H2,1-2H3. The lowest BCUT2D eigenvalue weighted by Gasteiger charge is -2.37. The summed E-state index contributed by atoms with van der Waals surface area (Å²) in [5, 5.41) is 0. The number of hydrogen-bond donors (Lipinski definition) is 0. The summed E-state index contributed by atoms with van der Waals surface area (Å²) in [7, 11) is 3.62. The van der Waals surface area contributed by atoms with E-state index in [2.05, 4.69) is 9.80 Å². The van der Waals surface area contributed by atoms with E-state index in [9.17, 15) is 14.0 Å². The minimum absolute atomic E-state index is 0.126. The van der Waals surface area contributed by atoms with Gasteiger partial charge in [0.05, 0.1) is 0 Å². The van der Waals surface area contributed by atoms with Crippen LogP contribution in [0.3, 0.4) is 0 Å². The number of piperazine rings is 1. The lowest BCUT2D eigenvalue weighted by molar-refractivity contribution is -0.135. The van der Waals surface area contributed by atoms with Crippen LogP contribution in [0.25, 0.3) is 0 Å². The van der Waals surface area contributed by atoms with Crippen LogP contribution in [0.1, 0.15) is 19.3 Å². The van der Waals surface area contributed by atoms with Gasteiger partial charge in [-0.15, -0.1) is 0 Å². The molecule has 2 fully saturated rings. The van der Waals surface area contributed by atoms with E-state index in [1.165, 1.54) is 12.1 Å². The summed E-state index contributed by atoms with van der Waals surface area (Å²) in [6.07, 6.45) is 2.28. The molecule has 1 aromatic carbocycles. The zero-order valence-electron chi connectivity index (χ0n) is 16.9. The van der Waals surface area contributed by atoms with E-state index in [4.69, 9.17) is 0 Å². The molecule has 0 saturated carbocycles. The molecule has 0 spiro atoms. The molecule has 0 unspecified atom stereocenters. The number of hydrogen-bond acceptors (Lipinski definition) is 4. The van der Waals surface area contributed by atoms with E-state index < -0.39 is 0 Å². The number of carbonyl (C=O) groups excluding carboxylic acids is 2. The van der Waals surface area contributed by atoms with Gasteiger partial charge in [-0.2, -0.15) is 0 Å². The topological polar surface area (TPSA) is 47.1 Å². The van der Waals surface area contributed by atoms with Crippen molar-refractivity contribution in [2.45, 2.75) is 19.3 Å². The fourth-order valence-electron chi connectivity index (χ4n) is 4.05. The Hall–Kier alpha value is -2.15. The van der Waals surface area contributed by atoms with Crippen LogP contribution in [0.2, 0.25) is 0 Å². The molecule has 2 heterocycles.